The zero-order valence-electron chi connectivity index (χ0n) is 13.9. The lowest BCUT2D eigenvalue weighted by Crippen LogP contribution is -2.52. The van der Waals surface area contributed by atoms with Crippen LogP contribution in [0.3, 0.4) is 0 Å². The summed E-state index contributed by atoms with van der Waals surface area (Å²) in [7, 11) is 0. The van der Waals surface area contributed by atoms with E-state index in [9.17, 15) is 4.79 Å². The predicted molar refractivity (Wildman–Crippen MR) is 88.2 cm³/mol. The van der Waals surface area contributed by atoms with Crippen molar-refractivity contribution < 1.29 is 9.90 Å². The van der Waals surface area contributed by atoms with Gasteiger partial charge in [-0.05, 0) is 44.1 Å². The molecule has 0 bridgehead atoms. The summed E-state index contributed by atoms with van der Waals surface area (Å²) in [6, 6.07) is 1.98. The van der Waals surface area contributed by atoms with Gasteiger partial charge in [0.2, 0.25) is 5.91 Å². The van der Waals surface area contributed by atoms with Crippen LogP contribution in [-0.4, -0.2) is 58.7 Å². The molecule has 1 aromatic rings. The Morgan fingerprint density at radius 3 is 2.78 bits per heavy atom. The molecule has 0 aromatic carbocycles. The smallest absolute Gasteiger partial charge is 0.222 e. The van der Waals surface area contributed by atoms with E-state index in [2.05, 4.69) is 14.9 Å². The van der Waals surface area contributed by atoms with Gasteiger partial charge in [0.05, 0.1) is 0 Å². The number of hydrogen-bond acceptors (Lipinski definition) is 5. The Morgan fingerprint density at radius 2 is 2.09 bits per heavy atom. The molecule has 1 spiro atoms. The van der Waals surface area contributed by atoms with E-state index in [1.54, 1.807) is 0 Å². The van der Waals surface area contributed by atoms with E-state index < -0.39 is 0 Å². The average molecular weight is 318 g/mol. The van der Waals surface area contributed by atoms with Gasteiger partial charge in [-0.2, -0.15) is 0 Å². The Labute approximate surface area is 137 Å². The lowest BCUT2D eigenvalue weighted by molar-refractivity contribution is -0.138. The number of aliphatic hydroxyl groups is 1. The van der Waals surface area contributed by atoms with E-state index in [0.29, 0.717) is 19.4 Å². The Kier molecular flexibility index (Phi) is 4.80. The van der Waals surface area contributed by atoms with E-state index in [-0.39, 0.29) is 17.9 Å². The molecule has 0 unspecified atom stereocenters. The summed E-state index contributed by atoms with van der Waals surface area (Å²) in [5.74, 6) is 2.07. The third-order valence-electron chi connectivity index (χ3n) is 5.24. The molecule has 0 aliphatic carbocycles. The molecule has 2 fully saturated rings. The quantitative estimate of drug-likeness (QED) is 0.908. The molecule has 1 N–H and O–H groups in total. The summed E-state index contributed by atoms with van der Waals surface area (Å²) < 4.78 is 0. The Hall–Kier alpha value is -1.69. The van der Waals surface area contributed by atoms with E-state index in [0.717, 1.165) is 50.5 Å². The van der Waals surface area contributed by atoms with E-state index >= 15 is 0 Å². The molecule has 2 aliphatic heterocycles. The van der Waals surface area contributed by atoms with E-state index in [1.165, 1.54) is 0 Å². The Morgan fingerprint density at radius 1 is 1.30 bits per heavy atom. The summed E-state index contributed by atoms with van der Waals surface area (Å²) >= 11 is 0. The molecule has 6 nitrogen and oxygen atoms in total. The van der Waals surface area contributed by atoms with Crippen molar-refractivity contribution >= 4 is 11.7 Å². The molecule has 1 aromatic heterocycles. The topological polar surface area (TPSA) is 69.6 Å². The molecule has 0 atom stereocenters. The van der Waals surface area contributed by atoms with Crippen LogP contribution in [-0.2, 0) is 4.79 Å². The predicted octanol–water partition coefficient (Wildman–Crippen LogP) is 1.38. The maximum atomic E-state index is 12.1. The molecule has 23 heavy (non-hydrogen) atoms. The van der Waals surface area contributed by atoms with Crippen molar-refractivity contribution in [3.8, 4) is 0 Å². The van der Waals surface area contributed by atoms with Crippen LogP contribution in [0.25, 0.3) is 0 Å². The fourth-order valence-electron chi connectivity index (χ4n) is 3.81. The van der Waals surface area contributed by atoms with Gasteiger partial charge in [0.1, 0.15) is 11.6 Å². The van der Waals surface area contributed by atoms with Gasteiger partial charge in [-0.25, -0.2) is 9.97 Å². The van der Waals surface area contributed by atoms with Crippen LogP contribution in [0.2, 0.25) is 0 Å². The second-order valence-corrected chi connectivity index (χ2v) is 6.84. The van der Waals surface area contributed by atoms with Crippen molar-refractivity contribution in [1.82, 2.24) is 14.9 Å². The fourth-order valence-corrected chi connectivity index (χ4v) is 3.81. The summed E-state index contributed by atoms with van der Waals surface area (Å²) in [5.41, 5.74) is 0.252. The van der Waals surface area contributed by atoms with Gasteiger partial charge in [-0.3, -0.25) is 4.79 Å². The largest absolute Gasteiger partial charge is 0.396 e. The molecule has 0 radical (unpaired) electrons. The van der Waals surface area contributed by atoms with Crippen LogP contribution in [0.4, 0.5) is 5.82 Å². The fraction of sp³-hybridized carbons (Fsp3) is 0.706. The third kappa shape index (κ3) is 3.63. The highest BCUT2D eigenvalue weighted by molar-refractivity contribution is 5.77. The number of likely N-dealkylation sites (tertiary alicyclic amines) is 1. The third-order valence-corrected chi connectivity index (χ3v) is 5.24. The summed E-state index contributed by atoms with van der Waals surface area (Å²) in [6.07, 6.45) is 6.33. The maximum absolute atomic E-state index is 12.1. The van der Waals surface area contributed by atoms with Gasteiger partial charge in [0.15, 0.2) is 0 Å². The highest BCUT2D eigenvalue weighted by Gasteiger charge is 2.40. The van der Waals surface area contributed by atoms with Crippen LogP contribution >= 0.6 is 0 Å². The van der Waals surface area contributed by atoms with E-state index in [1.807, 2.05) is 24.1 Å². The van der Waals surface area contributed by atoms with Crippen LogP contribution in [0.15, 0.2) is 12.3 Å². The minimum absolute atomic E-state index is 0.150. The minimum Gasteiger partial charge on any atom is -0.396 e. The number of carbonyl (C=O) groups excluding carboxylic acids is 1. The molecule has 2 saturated heterocycles. The average Bonchev–Trinajstić information content (AvgIpc) is 2.57. The number of nitrogens with zero attached hydrogens (tertiary/aromatic N) is 4. The number of hydrogen-bond donors (Lipinski definition) is 1. The number of anilines is 1. The second kappa shape index (κ2) is 6.83. The molecule has 2 aliphatic rings. The van der Waals surface area contributed by atoms with Gasteiger partial charge in [0.25, 0.3) is 0 Å². The molecular weight excluding hydrogens is 292 g/mol. The van der Waals surface area contributed by atoms with Crippen molar-refractivity contribution in [1.29, 1.82) is 0 Å². The molecule has 1 amide bonds. The number of aryl methyl sites for hydroxylation is 1. The van der Waals surface area contributed by atoms with Gasteiger partial charge in [-0.15, -0.1) is 0 Å². The maximum Gasteiger partial charge on any atom is 0.222 e. The Balaban J connectivity index is 1.62. The molecule has 3 rings (SSSR count). The molecular formula is C17H26N4O2. The molecule has 3 heterocycles. The molecule has 126 valence electrons. The van der Waals surface area contributed by atoms with Crippen molar-refractivity contribution in [2.75, 3.05) is 37.7 Å². The molecule has 0 saturated carbocycles. The number of rotatable bonds is 4. The first-order chi connectivity index (χ1) is 11.1. The SMILES string of the molecule is Cc1nccc(N2CCC3(CCC(=O)N(CCCO)C3)CC2)n1. The first kappa shape index (κ1) is 16.2. The van der Waals surface area contributed by atoms with Gasteiger partial charge >= 0.3 is 0 Å². The van der Waals surface area contributed by atoms with Crippen LogP contribution < -0.4 is 4.90 Å². The first-order valence-electron chi connectivity index (χ1n) is 8.55. The number of aliphatic hydroxyl groups excluding tert-OH is 1. The second-order valence-electron chi connectivity index (χ2n) is 6.84. The van der Waals surface area contributed by atoms with Crippen LogP contribution in [0, 0.1) is 12.3 Å². The summed E-state index contributed by atoms with van der Waals surface area (Å²) in [5, 5.41) is 9.01. The highest BCUT2D eigenvalue weighted by Crippen LogP contribution is 2.40. The van der Waals surface area contributed by atoms with Crippen molar-refractivity contribution in [2.45, 2.75) is 39.0 Å². The van der Waals surface area contributed by atoms with Crippen LogP contribution in [0.1, 0.15) is 37.9 Å². The van der Waals surface area contributed by atoms with Crippen molar-refractivity contribution in [2.24, 2.45) is 5.41 Å². The number of aromatic nitrogens is 2. The number of carbonyl (C=O) groups is 1. The highest BCUT2D eigenvalue weighted by atomic mass is 16.3. The van der Waals surface area contributed by atoms with Gasteiger partial charge in [-0.1, -0.05) is 0 Å². The van der Waals surface area contributed by atoms with Crippen molar-refractivity contribution in [3.63, 3.8) is 0 Å². The van der Waals surface area contributed by atoms with Crippen LogP contribution in [0.5, 0.6) is 0 Å². The lowest BCUT2D eigenvalue weighted by atomic mass is 9.72. The minimum atomic E-state index is 0.150. The van der Waals surface area contributed by atoms with Crippen molar-refractivity contribution in [3.05, 3.63) is 18.1 Å². The zero-order valence-corrected chi connectivity index (χ0v) is 13.9. The standard InChI is InChI=1S/C17H26N4O2/c1-14-18-8-4-15(19-14)20-10-6-17(7-11-20)5-3-16(23)21(13-17)9-2-12-22/h4,8,22H,2-3,5-7,9-13H2,1H3. The lowest BCUT2D eigenvalue weighted by Gasteiger charge is -2.47. The normalized spacial score (nSPS) is 21.0. The number of amides is 1. The van der Waals surface area contributed by atoms with E-state index in [4.69, 9.17) is 5.11 Å². The number of piperidine rings is 2. The summed E-state index contributed by atoms with van der Waals surface area (Å²) in [6.45, 7) is 5.57. The summed E-state index contributed by atoms with van der Waals surface area (Å²) in [4.78, 5) is 25.0. The first-order valence-corrected chi connectivity index (χ1v) is 8.55. The molecule has 6 heteroatoms. The monoisotopic (exact) mass is 318 g/mol. The zero-order chi connectivity index (χ0) is 16.3. The Bertz CT molecular complexity index is 555. The van der Waals surface area contributed by atoms with Gasteiger partial charge in [0, 0.05) is 45.4 Å². The van der Waals surface area contributed by atoms with Gasteiger partial charge < -0.3 is 14.9 Å².